The number of aliphatic hydroxyl groups is 1. The minimum Gasteiger partial charge on any atom is -0.444 e. The van der Waals surface area contributed by atoms with Crippen molar-refractivity contribution in [2.75, 3.05) is 0 Å². The number of aliphatic hydroxyl groups excluding tert-OH is 1. The maximum Gasteiger partial charge on any atom is 0.408 e. The first-order chi connectivity index (χ1) is 14.6. The number of hydrogen-bond donors (Lipinski definition) is 2. The number of benzene rings is 1. The standard InChI is InChI=1S/C26H36N2O3/c1-6-26(15-12-21(29)13-16-26)14-11-19-7-8-20-9-10-22(28-23(20)17-19)18(2)27-24(30)31-25(3,4)5/h7-11,14,17-18,21,29H,6,12-13,15-16H2,1-5H3,(H,27,30)/t18-,21?,26?/m1/s1. The maximum atomic E-state index is 12.1. The molecular weight excluding hydrogens is 388 g/mol. The van der Waals surface area contributed by atoms with Gasteiger partial charge in [-0.15, -0.1) is 0 Å². The monoisotopic (exact) mass is 424 g/mol. The van der Waals surface area contributed by atoms with Gasteiger partial charge in [-0.25, -0.2) is 4.79 Å². The molecule has 1 amide bonds. The highest BCUT2D eigenvalue weighted by atomic mass is 16.6. The molecule has 1 aromatic heterocycles. The van der Waals surface area contributed by atoms with Crippen molar-refractivity contribution in [3.05, 3.63) is 47.7 Å². The zero-order valence-electron chi connectivity index (χ0n) is 19.4. The lowest BCUT2D eigenvalue weighted by Crippen LogP contribution is -2.34. The van der Waals surface area contributed by atoms with Gasteiger partial charge >= 0.3 is 6.09 Å². The normalized spacial score (nSPS) is 23.1. The number of ether oxygens (including phenoxy) is 1. The van der Waals surface area contributed by atoms with Crippen LogP contribution in [0.2, 0.25) is 0 Å². The molecule has 168 valence electrons. The molecule has 2 aromatic rings. The van der Waals surface area contributed by atoms with Crippen LogP contribution in [0, 0.1) is 5.41 Å². The average Bonchev–Trinajstić information content (AvgIpc) is 2.71. The zero-order valence-corrected chi connectivity index (χ0v) is 19.4. The Morgan fingerprint density at radius 1 is 1.29 bits per heavy atom. The van der Waals surface area contributed by atoms with Crippen molar-refractivity contribution in [1.82, 2.24) is 10.3 Å². The van der Waals surface area contributed by atoms with Crippen LogP contribution in [-0.4, -0.2) is 27.9 Å². The Kier molecular flexibility index (Phi) is 7.05. The number of fused-ring (bicyclic) bond motifs is 1. The summed E-state index contributed by atoms with van der Waals surface area (Å²) in [6, 6.07) is 10.0. The summed E-state index contributed by atoms with van der Waals surface area (Å²) in [6.07, 6.45) is 8.84. The van der Waals surface area contributed by atoms with Gasteiger partial charge in [0.05, 0.1) is 23.4 Å². The molecule has 3 rings (SSSR count). The molecule has 1 aliphatic carbocycles. The minimum absolute atomic E-state index is 0.146. The maximum absolute atomic E-state index is 12.1. The lowest BCUT2D eigenvalue weighted by atomic mass is 9.71. The minimum atomic E-state index is -0.534. The number of hydrogen-bond acceptors (Lipinski definition) is 4. The molecule has 0 spiro atoms. The number of nitrogens with one attached hydrogen (secondary N) is 1. The summed E-state index contributed by atoms with van der Waals surface area (Å²) >= 11 is 0. The summed E-state index contributed by atoms with van der Waals surface area (Å²) in [7, 11) is 0. The molecule has 0 saturated heterocycles. The first-order valence-corrected chi connectivity index (χ1v) is 11.4. The molecule has 1 fully saturated rings. The van der Waals surface area contributed by atoms with E-state index in [0.717, 1.165) is 54.3 Å². The zero-order chi connectivity index (χ0) is 22.6. The van der Waals surface area contributed by atoms with Gasteiger partial charge in [0, 0.05) is 5.39 Å². The lowest BCUT2D eigenvalue weighted by Gasteiger charge is -2.35. The SMILES string of the molecule is CCC1(C=Cc2ccc3ccc([C@@H](C)NC(=O)OC(C)(C)C)nc3c2)CCC(O)CC1. The molecule has 1 aromatic carbocycles. The highest BCUT2D eigenvalue weighted by molar-refractivity contribution is 5.81. The molecule has 0 aliphatic heterocycles. The predicted molar refractivity (Wildman–Crippen MR) is 126 cm³/mol. The van der Waals surface area contributed by atoms with Gasteiger partial charge in [-0.05, 0) is 82.9 Å². The molecule has 2 N–H and O–H groups in total. The van der Waals surface area contributed by atoms with E-state index in [1.165, 1.54) is 0 Å². The third-order valence-corrected chi connectivity index (χ3v) is 6.20. The molecule has 5 nitrogen and oxygen atoms in total. The Balaban J connectivity index is 1.76. The van der Waals surface area contributed by atoms with Crippen molar-refractivity contribution in [3.8, 4) is 0 Å². The number of pyridine rings is 1. The van der Waals surface area contributed by atoms with Crippen LogP contribution in [-0.2, 0) is 4.74 Å². The molecule has 5 heteroatoms. The van der Waals surface area contributed by atoms with E-state index in [4.69, 9.17) is 9.72 Å². The van der Waals surface area contributed by atoms with Crippen molar-refractivity contribution < 1.29 is 14.6 Å². The molecule has 31 heavy (non-hydrogen) atoms. The highest BCUT2D eigenvalue weighted by Gasteiger charge is 2.30. The molecular formula is C26H36N2O3. The number of aromatic nitrogens is 1. The van der Waals surface area contributed by atoms with Crippen LogP contribution < -0.4 is 5.32 Å². The molecule has 1 saturated carbocycles. The van der Waals surface area contributed by atoms with Gasteiger partial charge in [0.25, 0.3) is 0 Å². The third-order valence-electron chi connectivity index (χ3n) is 6.20. The average molecular weight is 425 g/mol. The van der Waals surface area contributed by atoms with Crippen LogP contribution in [0.15, 0.2) is 36.4 Å². The Bertz CT molecular complexity index is 937. The number of carbonyl (C=O) groups excluding carboxylic acids is 1. The molecule has 0 unspecified atom stereocenters. The fourth-order valence-corrected chi connectivity index (χ4v) is 4.14. The van der Waals surface area contributed by atoms with Gasteiger partial charge in [0.1, 0.15) is 5.60 Å². The molecule has 1 aliphatic rings. The van der Waals surface area contributed by atoms with Gasteiger partial charge in [-0.3, -0.25) is 4.98 Å². The second kappa shape index (κ2) is 9.39. The number of allylic oxidation sites excluding steroid dienone is 1. The first kappa shape index (κ1) is 23.3. The van der Waals surface area contributed by atoms with E-state index in [9.17, 15) is 9.90 Å². The number of rotatable bonds is 5. The Hall–Kier alpha value is -2.40. The van der Waals surface area contributed by atoms with Crippen LogP contribution >= 0.6 is 0 Å². The fraction of sp³-hybridized carbons (Fsp3) is 0.538. The van der Waals surface area contributed by atoms with Gasteiger partial charge < -0.3 is 15.2 Å². The summed E-state index contributed by atoms with van der Waals surface area (Å²) in [6.45, 7) is 9.68. The van der Waals surface area contributed by atoms with Crippen molar-refractivity contribution in [3.63, 3.8) is 0 Å². The number of amides is 1. The van der Waals surface area contributed by atoms with Crippen LogP contribution in [0.5, 0.6) is 0 Å². The van der Waals surface area contributed by atoms with Gasteiger partial charge in [-0.2, -0.15) is 0 Å². The van der Waals surface area contributed by atoms with Gasteiger partial charge in [-0.1, -0.05) is 37.3 Å². The molecule has 1 atom stereocenters. The van der Waals surface area contributed by atoms with Crippen molar-refractivity contribution >= 4 is 23.1 Å². The lowest BCUT2D eigenvalue weighted by molar-refractivity contribution is 0.0507. The predicted octanol–water partition coefficient (Wildman–Crippen LogP) is 6.17. The van der Waals surface area contributed by atoms with E-state index < -0.39 is 11.7 Å². The van der Waals surface area contributed by atoms with Crippen LogP contribution in [0.1, 0.15) is 84.0 Å². The first-order valence-electron chi connectivity index (χ1n) is 11.4. The van der Waals surface area contributed by atoms with E-state index >= 15 is 0 Å². The molecule has 0 bridgehead atoms. The Morgan fingerprint density at radius 3 is 2.61 bits per heavy atom. The van der Waals surface area contributed by atoms with E-state index in [2.05, 4.69) is 42.6 Å². The van der Waals surface area contributed by atoms with Crippen molar-refractivity contribution in [2.45, 2.75) is 84.5 Å². The second-order valence-electron chi connectivity index (χ2n) is 9.84. The third kappa shape index (κ3) is 6.30. The second-order valence-corrected chi connectivity index (χ2v) is 9.84. The van der Waals surface area contributed by atoms with Crippen LogP contribution in [0.25, 0.3) is 17.0 Å². The van der Waals surface area contributed by atoms with Gasteiger partial charge in [0.15, 0.2) is 0 Å². The summed E-state index contributed by atoms with van der Waals surface area (Å²) in [5.74, 6) is 0. The molecule has 1 heterocycles. The van der Waals surface area contributed by atoms with E-state index in [1.807, 2.05) is 39.8 Å². The number of alkyl carbamates (subject to hydrolysis) is 1. The largest absolute Gasteiger partial charge is 0.444 e. The molecule has 0 radical (unpaired) electrons. The van der Waals surface area contributed by atoms with E-state index in [1.54, 1.807) is 0 Å². The van der Waals surface area contributed by atoms with E-state index in [-0.39, 0.29) is 17.6 Å². The summed E-state index contributed by atoms with van der Waals surface area (Å²) in [5.41, 5.74) is 2.46. The van der Waals surface area contributed by atoms with Gasteiger partial charge in [0.2, 0.25) is 0 Å². The fourth-order valence-electron chi connectivity index (χ4n) is 4.14. The Morgan fingerprint density at radius 2 is 1.97 bits per heavy atom. The van der Waals surface area contributed by atoms with Crippen LogP contribution in [0.4, 0.5) is 4.79 Å². The van der Waals surface area contributed by atoms with Crippen molar-refractivity contribution in [1.29, 1.82) is 0 Å². The Labute approximate surface area is 185 Å². The quantitative estimate of drug-likeness (QED) is 0.602. The topological polar surface area (TPSA) is 71.5 Å². The highest BCUT2D eigenvalue weighted by Crippen LogP contribution is 2.41. The summed E-state index contributed by atoms with van der Waals surface area (Å²) in [5, 5.41) is 13.8. The van der Waals surface area contributed by atoms with Crippen molar-refractivity contribution in [2.24, 2.45) is 5.41 Å². The number of carbonyl (C=O) groups is 1. The van der Waals surface area contributed by atoms with E-state index in [0.29, 0.717) is 0 Å². The smallest absolute Gasteiger partial charge is 0.408 e. The summed E-state index contributed by atoms with van der Waals surface area (Å²) < 4.78 is 5.35. The summed E-state index contributed by atoms with van der Waals surface area (Å²) in [4.78, 5) is 16.9. The van der Waals surface area contributed by atoms with Crippen LogP contribution in [0.3, 0.4) is 0 Å². The number of nitrogens with zero attached hydrogens (tertiary/aromatic N) is 1.